The Kier molecular flexibility index (Phi) is 6.17. The number of methoxy groups -OCH3 is 1. The normalized spacial score (nSPS) is 18.4. The van der Waals surface area contributed by atoms with E-state index in [-0.39, 0.29) is 16.7 Å². The van der Waals surface area contributed by atoms with Gasteiger partial charge in [-0.3, -0.25) is 10.1 Å². The number of hydrogen-bond donors (Lipinski definition) is 1. The molecule has 0 aliphatic carbocycles. The largest absolute Gasteiger partial charge is 0.384 e. The van der Waals surface area contributed by atoms with Crippen molar-refractivity contribution in [2.75, 3.05) is 50.4 Å². The maximum Gasteiger partial charge on any atom is 0.131 e. The highest BCUT2D eigenvalue weighted by molar-refractivity contribution is 7.86. The van der Waals surface area contributed by atoms with E-state index in [0.29, 0.717) is 19.8 Å². The molecule has 4 heterocycles. The van der Waals surface area contributed by atoms with E-state index in [2.05, 4.69) is 39.3 Å². The second kappa shape index (κ2) is 8.98. The number of aromatic amines is 1. The maximum atomic E-state index is 5.61. The number of H-pyrrole nitrogens is 1. The molecule has 4 rings (SSSR count). The topological polar surface area (TPSA) is 88.5 Å². The van der Waals surface area contributed by atoms with Crippen LogP contribution in [0.25, 0.3) is 22.3 Å². The molecule has 154 valence electrons. The molecular formula is C20H26N6O2S. The second-order valence-electron chi connectivity index (χ2n) is 7.03. The van der Waals surface area contributed by atoms with Gasteiger partial charge in [0.15, 0.2) is 0 Å². The van der Waals surface area contributed by atoms with Gasteiger partial charge in [-0.25, -0.2) is 9.35 Å². The number of fused-ring (bicyclic) bond motifs is 1. The summed E-state index contributed by atoms with van der Waals surface area (Å²) in [5.41, 5.74) is 3.40. The first-order valence-electron chi connectivity index (χ1n) is 9.64. The van der Waals surface area contributed by atoms with Gasteiger partial charge in [0, 0.05) is 43.3 Å². The van der Waals surface area contributed by atoms with Crippen molar-refractivity contribution in [1.29, 1.82) is 0 Å². The van der Waals surface area contributed by atoms with Crippen LogP contribution in [0.1, 0.15) is 6.92 Å². The van der Waals surface area contributed by atoms with Gasteiger partial charge in [0.2, 0.25) is 0 Å². The lowest BCUT2D eigenvalue weighted by atomic mass is 10.1. The van der Waals surface area contributed by atoms with Crippen molar-refractivity contribution in [1.82, 2.24) is 20.2 Å². The third kappa shape index (κ3) is 4.31. The van der Waals surface area contributed by atoms with E-state index >= 15 is 0 Å². The third-order valence-electron chi connectivity index (χ3n) is 4.95. The highest BCUT2D eigenvalue weighted by Gasteiger charge is 2.22. The molecule has 1 fully saturated rings. The molecule has 1 unspecified atom stereocenters. The highest BCUT2D eigenvalue weighted by Crippen LogP contribution is 2.34. The summed E-state index contributed by atoms with van der Waals surface area (Å²) in [7, 11) is 1.57. The number of ether oxygens (including phenoxy) is 2. The molecule has 0 amide bonds. The van der Waals surface area contributed by atoms with Crippen LogP contribution in [0.3, 0.4) is 0 Å². The van der Waals surface area contributed by atoms with Gasteiger partial charge in [-0.1, -0.05) is 10.7 Å². The summed E-state index contributed by atoms with van der Waals surface area (Å²) in [6, 6.07) is 6.24. The third-order valence-corrected chi connectivity index (χ3v) is 6.21. The lowest BCUT2D eigenvalue weighted by molar-refractivity contribution is 0.0986. The molecular weight excluding hydrogens is 388 g/mol. The van der Waals surface area contributed by atoms with Crippen molar-refractivity contribution in [3.63, 3.8) is 0 Å². The summed E-state index contributed by atoms with van der Waals surface area (Å²) in [5.74, 6) is 1.80. The fourth-order valence-electron chi connectivity index (χ4n) is 3.41. The van der Waals surface area contributed by atoms with Crippen LogP contribution < -0.4 is 4.90 Å². The number of nitrogens with zero attached hydrogens (tertiary/aromatic N) is 5. The van der Waals surface area contributed by atoms with E-state index in [0.717, 1.165) is 46.1 Å². The predicted molar refractivity (Wildman–Crippen MR) is 117 cm³/mol. The van der Waals surface area contributed by atoms with Gasteiger partial charge in [-0.2, -0.15) is 5.10 Å². The van der Waals surface area contributed by atoms with E-state index in [9.17, 15) is 0 Å². The summed E-state index contributed by atoms with van der Waals surface area (Å²) in [6.07, 6.45) is 5.67. The molecule has 3 aromatic rings. The number of rotatable bonds is 6. The fraction of sp³-hybridized carbons (Fsp3) is 0.450. The van der Waals surface area contributed by atoms with Crippen LogP contribution in [0.4, 0.5) is 11.5 Å². The number of nitrogens with one attached hydrogen (secondary N) is 1. The van der Waals surface area contributed by atoms with Crippen LogP contribution in [0.15, 0.2) is 35.0 Å². The molecule has 1 saturated heterocycles. The highest BCUT2D eigenvalue weighted by atomic mass is 32.2. The number of anilines is 1. The molecule has 1 aliphatic heterocycles. The summed E-state index contributed by atoms with van der Waals surface area (Å²) in [6.45, 7) is 5.05. The van der Waals surface area contributed by atoms with E-state index < -0.39 is 0 Å². The smallest absolute Gasteiger partial charge is 0.131 e. The molecule has 2 atom stereocenters. The molecule has 3 aromatic heterocycles. The zero-order valence-corrected chi connectivity index (χ0v) is 17.8. The summed E-state index contributed by atoms with van der Waals surface area (Å²) < 4.78 is 15.9. The first-order chi connectivity index (χ1) is 14.2. The molecule has 9 heteroatoms. The van der Waals surface area contributed by atoms with E-state index in [4.69, 9.17) is 18.8 Å². The van der Waals surface area contributed by atoms with Gasteiger partial charge in [-0.05, 0) is 25.3 Å². The lowest BCUT2D eigenvalue weighted by Crippen LogP contribution is -2.44. The first kappa shape index (κ1) is 19.9. The Morgan fingerprint density at radius 2 is 2.28 bits per heavy atom. The van der Waals surface area contributed by atoms with Crippen LogP contribution >= 0.6 is 0 Å². The van der Waals surface area contributed by atoms with Crippen LogP contribution in [0.2, 0.25) is 0 Å². The Morgan fingerprint density at radius 3 is 3.03 bits per heavy atom. The van der Waals surface area contributed by atoms with Crippen LogP contribution in [0.5, 0.6) is 0 Å². The van der Waals surface area contributed by atoms with E-state index in [1.807, 2.05) is 12.1 Å². The Balaban J connectivity index is 1.89. The van der Waals surface area contributed by atoms with Gasteiger partial charge in [0.05, 0.1) is 37.2 Å². The van der Waals surface area contributed by atoms with Crippen molar-refractivity contribution < 1.29 is 9.47 Å². The first-order valence-corrected chi connectivity index (χ1v) is 11.4. The second-order valence-corrected chi connectivity index (χ2v) is 8.82. The average molecular weight is 415 g/mol. The van der Waals surface area contributed by atoms with Crippen molar-refractivity contribution in [2.45, 2.75) is 13.0 Å². The van der Waals surface area contributed by atoms with Crippen LogP contribution in [-0.4, -0.2) is 71.7 Å². The van der Waals surface area contributed by atoms with Crippen molar-refractivity contribution in [3.05, 3.63) is 30.6 Å². The maximum absolute atomic E-state index is 5.61. The minimum absolute atomic E-state index is 0.154. The fourth-order valence-corrected chi connectivity index (χ4v) is 4.40. The summed E-state index contributed by atoms with van der Waals surface area (Å²) in [4.78, 5) is 11.9. The standard InChI is InChI=1S/C20H26N6O2S/c1-14-13-28-9-8-26(14)18-12-17(25-29(3)11-10-27-2)15-4-6-21-20(19(15)23-18)16-5-7-22-24-16/h4-7,12,14H,8-11,13H2,1-3H3,(H,22,24)/t14-,29?/m1/s1. The minimum atomic E-state index is -0.154. The molecule has 0 radical (unpaired) electrons. The van der Waals surface area contributed by atoms with Gasteiger partial charge < -0.3 is 14.4 Å². The quantitative estimate of drug-likeness (QED) is 0.667. The Bertz CT molecular complexity index is 1010. The van der Waals surface area contributed by atoms with Gasteiger partial charge in [0.25, 0.3) is 0 Å². The van der Waals surface area contributed by atoms with Gasteiger partial charge >= 0.3 is 0 Å². The predicted octanol–water partition coefficient (Wildman–Crippen LogP) is 2.95. The van der Waals surface area contributed by atoms with Crippen LogP contribution in [0, 0.1) is 0 Å². The number of aromatic nitrogens is 4. The molecule has 0 spiro atoms. The van der Waals surface area contributed by atoms with Gasteiger partial charge in [0.1, 0.15) is 17.0 Å². The molecule has 29 heavy (non-hydrogen) atoms. The van der Waals surface area contributed by atoms with E-state index in [1.165, 1.54) is 0 Å². The van der Waals surface area contributed by atoms with E-state index in [1.54, 1.807) is 19.5 Å². The molecule has 1 aliphatic rings. The van der Waals surface area contributed by atoms with Crippen molar-refractivity contribution >= 4 is 33.1 Å². The minimum Gasteiger partial charge on any atom is -0.384 e. The SMILES string of the molecule is COCC/S(C)=N/c1cc(N2CCOC[C@H]2C)nc2c(-c3ccn[nH]3)nccc12. The average Bonchev–Trinajstić information content (AvgIpc) is 3.27. The summed E-state index contributed by atoms with van der Waals surface area (Å²) >= 11 is 0. The number of morpholine rings is 1. The molecule has 0 aromatic carbocycles. The zero-order chi connectivity index (χ0) is 20.2. The Morgan fingerprint density at radius 1 is 1.38 bits per heavy atom. The molecule has 0 saturated carbocycles. The van der Waals surface area contributed by atoms with Gasteiger partial charge in [-0.15, -0.1) is 0 Å². The van der Waals surface area contributed by atoms with Crippen LogP contribution in [-0.2, 0) is 20.2 Å². The summed E-state index contributed by atoms with van der Waals surface area (Å²) in [5, 5.41) is 8.08. The molecule has 8 nitrogen and oxygen atoms in total. The number of hydrogen-bond acceptors (Lipinski definition) is 7. The monoisotopic (exact) mass is 414 g/mol. The Labute approximate surface area is 172 Å². The van der Waals surface area contributed by atoms with Crippen molar-refractivity contribution in [3.8, 4) is 11.4 Å². The van der Waals surface area contributed by atoms with Crippen molar-refractivity contribution in [2.24, 2.45) is 4.36 Å². The lowest BCUT2D eigenvalue weighted by Gasteiger charge is -2.34. The Hall–Kier alpha value is -2.36. The number of pyridine rings is 2. The molecule has 0 bridgehead atoms. The zero-order valence-electron chi connectivity index (χ0n) is 17.0. The molecule has 1 N–H and O–H groups in total.